The van der Waals surface area contributed by atoms with Crippen LogP contribution in [0.1, 0.15) is 42.3 Å². The Labute approximate surface area is 171 Å². The Hall–Kier alpha value is -2.65. The van der Waals surface area contributed by atoms with Crippen LogP contribution in [0.2, 0.25) is 0 Å². The summed E-state index contributed by atoms with van der Waals surface area (Å²) in [5.41, 5.74) is 0.187. The number of nitrogens with one attached hydrogen (secondary N) is 1. The zero-order chi connectivity index (χ0) is 20.9. The summed E-state index contributed by atoms with van der Waals surface area (Å²) in [5.74, 6) is 1.51. The molecule has 0 bridgehead atoms. The van der Waals surface area contributed by atoms with E-state index in [1.807, 2.05) is 9.80 Å². The lowest BCUT2D eigenvalue weighted by Crippen LogP contribution is -2.65. The molecule has 3 aliphatic rings. The highest BCUT2D eigenvalue weighted by molar-refractivity contribution is 5.76. The highest BCUT2D eigenvalue weighted by Gasteiger charge is 2.54. The van der Waals surface area contributed by atoms with Crippen LogP contribution in [0.4, 0.5) is 18.0 Å². The number of likely N-dealkylation sites (tertiary alicyclic amines) is 2. The van der Waals surface area contributed by atoms with Crippen molar-refractivity contribution in [1.82, 2.24) is 30.0 Å². The van der Waals surface area contributed by atoms with Crippen LogP contribution in [0.15, 0.2) is 24.7 Å². The number of carbonyl (C=O) groups is 1. The maximum absolute atomic E-state index is 12.8. The van der Waals surface area contributed by atoms with Crippen LogP contribution in [0, 0.1) is 11.3 Å². The molecule has 1 N–H and O–H groups in total. The molecule has 1 spiro atoms. The van der Waals surface area contributed by atoms with Gasteiger partial charge >= 0.3 is 12.2 Å². The molecule has 1 saturated carbocycles. The Balaban J connectivity index is 1.08. The van der Waals surface area contributed by atoms with Crippen molar-refractivity contribution in [3.05, 3.63) is 41.7 Å². The summed E-state index contributed by atoms with van der Waals surface area (Å²) in [6, 6.07) is 2.67. The molecular weight excluding hydrogens is 397 g/mol. The fourth-order valence-electron chi connectivity index (χ4n) is 5.28. The lowest BCUT2D eigenvalue weighted by molar-refractivity contribution is -0.141. The zero-order valence-corrected chi connectivity index (χ0v) is 16.4. The first kappa shape index (κ1) is 19.3. The van der Waals surface area contributed by atoms with Gasteiger partial charge in [-0.2, -0.15) is 18.3 Å². The number of rotatable bonds is 3. The van der Waals surface area contributed by atoms with Gasteiger partial charge < -0.3 is 9.80 Å². The number of pyridine rings is 1. The van der Waals surface area contributed by atoms with Gasteiger partial charge in [0.1, 0.15) is 17.8 Å². The largest absolute Gasteiger partial charge is 0.433 e. The number of nitrogens with zero attached hydrogens (tertiary/aromatic N) is 5. The lowest BCUT2D eigenvalue weighted by atomic mass is 9.56. The van der Waals surface area contributed by atoms with Crippen molar-refractivity contribution < 1.29 is 18.0 Å². The number of urea groups is 1. The van der Waals surface area contributed by atoms with Crippen molar-refractivity contribution in [2.24, 2.45) is 11.3 Å². The molecule has 10 heteroatoms. The smallest absolute Gasteiger partial charge is 0.324 e. The molecule has 3 fully saturated rings. The number of halogens is 3. The maximum atomic E-state index is 12.8. The minimum absolute atomic E-state index is 0.0954. The average molecular weight is 420 g/mol. The number of aromatic nitrogens is 4. The van der Waals surface area contributed by atoms with Crippen LogP contribution in [0.5, 0.6) is 0 Å². The first-order valence-corrected chi connectivity index (χ1v) is 10.2. The van der Waals surface area contributed by atoms with Crippen molar-refractivity contribution in [3.8, 4) is 0 Å². The van der Waals surface area contributed by atoms with Crippen LogP contribution in [-0.4, -0.2) is 62.2 Å². The summed E-state index contributed by atoms with van der Waals surface area (Å²) in [7, 11) is 0. The standard InChI is InChI=1S/C20H23F3N6O/c21-20(22,23)16-2-1-13(8-24-16)5-14-6-19(7-14)10-29(11-19)18(30)28-4-3-15(9-28)17-25-12-26-27-17/h1-2,8,12,14-15H,3-7,9-11H2,(H,25,26,27)/t15-/m0/s1. The van der Waals surface area contributed by atoms with Gasteiger partial charge in [0.05, 0.1) is 0 Å². The van der Waals surface area contributed by atoms with Gasteiger partial charge in [-0.05, 0) is 43.2 Å². The van der Waals surface area contributed by atoms with Crippen molar-refractivity contribution in [3.63, 3.8) is 0 Å². The van der Waals surface area contributed by atoms with E-state index in [0.29, 0.717) is 12.5 Å². The van der Waals surface area contributed by atoms with Crippen molar-refractivity contribution in [2.75, 3.05) is 26.2 Å². The molecule has 0 unspecified atom stereocenters. The second-order valence-corrected chi connectivity index (χ2v) is 8.97. The molecular formula is C20H23F3N6O. The Bertz CT molecular complexity index is 900. The second-order valence-electron chi connectivity index (χ2n) is 8.97. The average Bonchev–Trinajstić information content (AvgIpc) is 3.33. The number of carbonyl (C=O) groups excluding carboxylic acids is 1. The van der Waals surface area contributed by atoms with Gasteiger partial charge in [0.25, 0.3) is 0 Å². The van der Waals surface area contributed by atoms with E-state index < -0.39 is 11.9 Å². The van der Waals surface area contributed by atoms with Gasteiger partial charge in [-0.3, -0.25) is 10.1 Å². The molecule has 2 saturated heterocycles. The van der Waals surface area contributed by atoms with Crippen molar-refractivity contribution >= 4 is 6.03 Å². The first-order chi connectivity index (χ1) is 14.3. The van der Waals surface area contributed by atoms with Gasteiger partial charge in [-0.15, -0.1) is 0 Å². The van der Waals surface area contributed by atoms with E-state index in [9.17, 15) is 18.0 Å². The van der Waals surface area contributed by atoms with Gasteiger partial charge in [0.15, 0.2) is 0 Å². The third-order valence-corrected chi connectivity index (χ3v) is 6.69. The molecule has 2 amide bonds. The zero-order valence-electron chi connectivity index (χ0n) is 16.4. The third kappa shape index (κ3) is 3.52. The molecule has 160 valence electrons. The maximum Gasteiger partial charge on any atom is 0.433 e. The molecule has 2 aliphatic heterocycles. The molecule has 0 aromatic carbocycles. The molecule has 1 aliphatic carbocycles. The summed E-state index contributed by atoms with van der Waals surface area (Å²) < 4.78 is 37.8. The molecule has 2 aromatic heterocycles. The van der Waals surface area contributed by atoms with Crippen LogP contribution in [-0.2, 0) is 12.6 Å². The summed E-state index contributed by atoms with van der Waals surface area (Å²) in [6.07, 6.45) is 2.09. The van der Waals surface area contributed by atoms with Gasteiger partial charge in [0, 0.05) is 43.7 Å². The molecule has 30 heavy (non-hydrogen) atoms. The number of amides is 2. The summed E-state index contributed by atoms with van der Waals surface area (Å²) in [5, 5.41) is 6.77. The Morgan fingerprint density at radius 3 is 2.63 bits per heavy atom. The van der Waals surface area contributed by atoms with Crippen LogP contribution in [0.25, 0.3) is 0 Å². The highest BCUT2D eigenvalue weighted by Crippen LogP contribution is 2.53. The van der Waals surface area contributed by atoms with E-state index in [1.165, 1.54) is 18.6 Å². The topological polar surface area (TPSA) is 78.0 Å². The van der Waals surface area contributed by atoms with Gasteiger partial charge in [-0.25, -0.2) is 9.78 Å². The molecule has 4 heterocycles. The van der Waals surface area contributed by atoms with Crippen LogP contribution >= 0.6 is 0 Å². The number of alkyl halides is 3. The summed E-state index contributed by atoms with van der Waals surface area (Å²) >= 11 is 0. The molecule has 1 atom stereocenters. The molecule has 2 aromatic rings. The van der Waals surface area contributed by atoms with Crippen LogP contribution in [0.3, 0.4) is 0 Å². The predicted molar refractivity (Wildman–Crippen MR) is 100 cm³/mol. The number of hydrogen-bond acceptors (Lipinski definition) is 4. The number of H-pyrrole nitrogens is 1. The van der Waals surface area contributed by atoms with Gasteiger partial charge in [0.2, 0.25) is 0 Å². The minimum Gasteiger partial charge on any atom is -0.324 e. The fourth-order valence-corrected chi connectivity index (χ4v) is 5.28. The summed E-state index contributed by atoms with van der Waals surface area (Å²) in [6.45, 7) is 2.95. The van der Waals surface area contributed by atoms with Crippen molar-refractivity contribution in [1.29, 1.82) is 0 Å². The second kappa shape index (κ2) is 6.95. The van der Waals surface area contributed by atoms with E-state index in [1.54, 1.807) is 0 Å². The molecule has 7 nitrogen and oxygen atoms in total. The first-order valence-electron chi connectivity index (χ1n) is 10.2. The minimum atomic E-state index is -4.40. The van der Waals surface area contributed by atoms with Gasteiger partial charge in [-0.1, -0.05) is 6.07 Å². The molecule has 5 rings (SSSR count). The fraction of sp³-hybridized carbons (Fsp3) is 0.600. The van der Waals surface area contributed by atoms with E-state index in [-0.39, 0.29) is 17.4 Å². The van der Waals surface area contributed by atoms with Crippen molar-refractivity contribution in [2.45, 2.75) is 37.8 Å². The third-order valence-electron chi connectivity index (χ3n) is 6.69. The Kier molecular flexibility index (Phi) is 4.48. The number of aromatic amines is 1. The number of hydrogen-bond donors (Lipinski definition) is 1. The molecule has 0 radical (unpaired) electrons. The normalized spacial score (nSPS) is 23.5. The van der Waals surface area contributed by atoms with E-state index in [4.69, 9.17) is 0 Å². The SMILES string of the molecule is O=C(N1CC[C@H](c2ncn[nH]2)C1)N1CC2(CC(Cc3ccc(C(F)(F)F)nc3)C2)C1. The Morgan fingerprint density at radius 2 is 2.00 bits per heavy atom. The quantitative estimate of drug-likeness (QED) is 0.828. The lowest BCUT2D eigenvalue weighted by Gasteiger charge is -2.59. The van der Waals surface area contributed by atoms with E-state index in [2.05, 4.69) is 20.2 Å². The monoisotopic (exact) mass is 420 g/mol. The summed E-state index contributed by atoms with van der Waals surface area (Å²) in [4.78, 5) is 24.3. The highest BCUT2D eigenvalue weighted by atomic mass is 19.4. The predicted octanol–water partition coefficient (Wildman–Crippen LogP) is 3.08. The Morgan fingerprint density at radius 1 is 1.20 bits per heavy atom. The van der Waals surface area contributed by atoms with E-state index in [0.717, 1.165) is 62.8 Å². The van der Waals surface area contributed by atoms with E-state index >= 15 is 0 Å². The van der Waals surface area contributed by atoms with Crippen LogP contribution < -0.4 is 0 Å².